The number of aromatic nitrogens is 2. The number of aliphatic imine (C=N–C) groups is 1. The Morgan fingerprint density at radius 3 is 2.80 bits per heavy atom. The van der Waals surface area contributed by atoms with Crippen LogP contribution in [0.25, 0.3) is 0 Å². The standard InChI is InChI=1S/C18H20F5N5O.HI/c1-24-17(26-10-15-25-5-6-28(15)16(19)20)27-7-8-29-14(11-27)12-3-2-4-13(9-12)18(21,22)23;/h2-6,9,14,16H,7-8,10-11H2,1H3,(H,24,26);1H. The average molecular weight is 545 g/mol. The highest BCUT2D eigenvalue weighted by atomic mass is 127. The topological polar surface area (TPSA) is 54.7 Å². The lowest BCUT2D eigenvalue weighted by molar-refractivity contribution is -0.137. The van der Waals surface area contributed by atoms with E-state index in [4.69, 9.17) is 4.74 Å². The fourth-order valence-corrected chi connectivity index (χ4v) is 3.11. The van der Waals surface area contributed by atoms with E-state index in [9.17, 15) is 22.0 Å². The zero-order chi connectivity index (χ0) is 21.0. The smallest absolute Gasteiger partial charge is 0.370 e. The summed E-state index contributed by atoms with van der Waals surface area (Å²) in [7, 11) is 1.54. The fourth-order valence-electron chi connectivity index (χ4n) is 3.11. The molecule has 12 heteroatoms. The van der Waals surface area contributed by atoms with Crippen molar-refractivity contribution in [1.82, 2.24) is 19.8 Å². The Labute approximate surface area is 187 Å². The number of imidazole rings is 1. The minimum absolute atomic E-state index is 0. The number of ether oxygens (including phenoxy) is 1. The van der Waals surface area contributed by atoms with Gasteiger partial charge in [-0.25, -0.2) is 4.98 Å². The Morgan fingerprint density at radius 2 is 2.13 bits per heavy atom. The van der Waals surface area contributed by atoms with Crippen LogP contribution >= 0.6 is 24.0 Å². The number of benzene rings is 1. The molecular formula is C18H21F5IN5O. The van der Waals surface area contributed by atoms with Gasteiger partial charge in [-0.15, -0.1) is 24.0 Å². The molecule has 0 amide bonds. The highest BCUT2D eigenvalue weighted by Crippen LogP contribution is 2.32. The summed E-state index contributed by atoms with van der Waals surface area (Å²) in [5.41, 5.74) is -0.328. The fraction of sp³-hybridized carbons (Fsp3) is 0.444. The van der Waals surface area contributed by atoms with Crippen molar-refractivity contribution >= 4 is 29.9 Å². The number of alkyl halides is 5. The normalized spacial score (nSPS) is 17.8. The summed E-state index contributed by atoms with van der Waals surface area (Å²) >= 11 is 0. The number of hydrogen-bond donors (Lipinski definition) is 1. The van der Waals surface area contributed by atoms with Crippen molar-refractivity contribution in [2.45, 2.75) is 25.4 Å². The molecule has 2 heterocycles. The van der Waals surface area contributed by atoms with Crippen molar-refractivity contribution in [2.24, 2.45) is 4.99 Å². The summed E-state index contributed by atoms with van der Waals surface area (Å²) in [4.78, 5) is 9.85. The Balaban J connectivity index is 0.00000320. The van der Waals surface area contributed by atoms with Gasteiger partial charge in [0.25, 0.3) is 0 Å². The van der Waals surface area contributed by atoms with Crippen molar-refractivity contribution in [2.75, 3.05) is 26.7 Å². The summed E-state index contributed by atoms with van der Waals surface area (Å²) in [6, 6.07) is 5.01. The zero-order valence-electron chi connectivity index (χ0n) is 15.9. The van der Waals surface area contributed by atoms with Crippen molar-refractivity contribution in [3.05, 3.63) is 53.6 Å². The van der Waals surface area contributed by atoms with E-state index >= 15 is 0 Å². The van der Waals surface area contributed by atoms with E-state index in [1.54, 1.807) is 6.07 Å². The summed E-state index contributed by atoms with van der Waals surface area (Å²) in [5, 5.41) is 2.97. The predicted molar refractivity (Wildman–Crippen MR) is 111 cm³/mol. The van der Waals surface area contributed by atoms with Gasteiger partial charge in [0.2, 0.25) is 0 Å². The summed E-state index contributed by atoms with van der Waals surface area (Å²) in [5.74, 6) is 0.568. The van der Waals surface area contributed by atoms with Crippen molar-refractivity contribution in [3.63, 3.8) is 0 Å². The third-order valence-corrected chi connectivity index (χ3v) is 4.53. The highest BCUT2D eigenvalue weighted by Gasteiger charge is 2.32. The van der Waals surface area contributed by atoms with Gasteiger partial charge in [-0.05, 0) is 17.7 Å². The molecule has 1 unspecified atom stereocenters. The molecule has 0 radical (unpaired) electrons. The lowest BCUT2D eigenvalue weighted by Gasteiger charge is -2.35. The lowest BCUT2D eigenvalue weighted by Crippen LogP contribution is -2.48. The van der Waals surface area contributed by atoms with E-state index < -0.39 is 24.4 Å². The number of morpholine rings is 1. The number of hydrogen-bond acceptors (Lipinski definition) is 3. The molecule has 0 spiro atoms. The van der Waals surface area contributed by atoms with Crippen molar-refractivity contribution < 1.29 is 26.7 Å². The number of halogens is 6. The first-order chi connectivity index (χ1) is 13.8. The third kappa shape index (κ3) is 5.80. The lowest BCUT2D eigenvalue weighted by atomic mass is 10.0. The number of nitrogens with zero attached hydrogens (tertiary/aromatic N) is 4. The minimum Gasteiger partial charge on any atom is -0.370 e. The first kappa shape index (κ1) is 24.3. The van der Waals surface area contributed by atoms with Crippen molar-refractivity contribution in [1.29, 1.82) is 0 Å². The van der Waals surface area contributed by atoms with Gasteiger partial charge in [-0.2, -0.15) is 22.0 Å². The number of guanidine groups is 1. The molecule has 3 rings (SSSR count). The van der Waals surface area contributed by atoms with Crippen LogP contribution in [0.15, 0.2) is 41.7 Å². The maximum Gasteiger partial charge on any atom is 0.416 e. The van der Waals surface area contributed by atoms with Gasteiger partial charge in [-0.3, -0.25) is 9.56 Å². The molecule has 0 aliphatic carbocycles. The van der Waals surface area contributed by atoms with Gasteiger partial charge in [0.1, 0.15) is 11.9 Å². The minimum atomic E-state index is -4.44. The molecule has 1 fully saturated rings. The second kappa shape index (κ2) is 10.4. The Hall–Kier alpha value is -1.96. The van der Waals surface area contributed by atoms with E-state index in [1.807, 2.05) is 4.90 Å². The Bertz CT molecular complexity index is 857. The van der Waals surface area contributed by atoms with Crippen LogP contribution in [-0.4, -0.2) is 47.2 Å². The monoisotopic (exact) mass is 545 g/mol. The maximum absolute atomic E-state index is 13.0. The van der Waals surface area contributed by atoms with Gasteiger partial charge in [0.15, 0.2) is 5.96 Å². The van der Waals surface area contributed by atoms with Gasteiger partial charge in [-0.1, -0.05) is 12.1 Å². The van der Waals surface area contributed by atoms with Crippen LogP contribution < -0.4 is 5.32 Å². The first-order valence-corrected chi connectivity index (χ1v) is 8.84. The van der Waals surface area contributed by atoms with E-state index in [2.05, 4.69) is 15.3 Å². The van der Waals surface area contributed by atoms with Crippen LogP contribution in [0.5, 0.6) is 0 Å². The molecule has 1 aliphatic heterocycles. The van der Waals surface area contributed by atoms with Crippen LogP contribution in [0, 0.1) is 0 Å². The van der Waals surface area contributed by atoms with Gasteiger partial charge in [0.05, 0.1) is 25.3 Å². The molecule has 2 aromatic rings. The molecule has 1 aromatic heterocycles. The highest BCUT2D eigenvalue weighted by molar-refractivity contribution is 14.0. The SMILES string of the molecule is CN=C(NCc1nccn1C(F)F)N1CCOC(c2cccc(C(F)(F)F)c2)C1.I. The molecule has 6 nitrogen and oxygen atoms in total. The largest absolute Gasteiger partial charge is 0.416 e. The molecule has 0 saturated carbocycles. The van der Waals surface area contributed by atoms with Crippen LogP contribution in [0.1, 0.15) is 29.6 Å². The molecule has 1 aromatic carbocycles. The zero-order valence-corrected chi connectivity index (χ0v) is 18.3. The predicted octanol–water partition coefficient (Wildman–Crippen LogP) is 4.06. The van der Waals surface area contributed by atoms with Crippen LogP contribution in [0.3, 0.4) is 0 Å². The second-order valence-electron chi connectivity index (χ2n) is 6.36. The molecule has 1 aliphatic rings. The number of nitrogens with one attached hydrogen (secondary N) is 1. The van der Waals surface area contributed by atoms with Gasteiger partial charge >= 0.3 is 12.7 Å². The molecular weight excluding hydrogens is 524 g/mol. The van der Waals surface area contributed by atoms with E-state index in [1.165, 1.54) is 25.5 Å². The van der Waals surface area contributed by atoms with E-state index in [0.717, 1.165) is 16.7 Å². The Morgan fingerprint density at radius 1 is 1.37 bits per heavy atom. The Kier molecular flexibility index (Phi) is 8.41. The second-order valence-corrected chi connectivity index (χ2v) is 6.36. The summed E-state index contributed by atoms with van der Waals surface area (Å²) in [6.07, 6.45) is -2.55. The summed E-state index contributed by atoms with van der Waals surface area (Å²) < 4.78 is 71.2. The van der Waals surface area contributed by atoms with E-state index in [-0.39, 0.29) is 49.5 Å². The molecule has 30 heavy (non-hydrogen) atoms. The van der Waals surface area contributed by atoms with Crippen LogP contribution in [0.4, 0.5) is 22.0 Å². The quantitative estimate of drug-likeness (QED) is 0.273. The third-order valence-electron chi connectivity index (χ3n) is 4.53. The van der Waals surface area contributed by atoms with Gasteiger partial charge < -0.3 is 15.0 Å². The average Bonchev–Trinajstić information content (AvgIpc) is 3.17. The maximum atomic E-state index is 13.0. The summed E-state index contributed by atoms with van der Waals surface area (Å²) in [6.45, 7) is -1.67. The molecule has 1 saturated heterocycles. The molecule has 166 valence electrons. The van der Waals surface area contributed by atoms with E-state index in [0.29, 0.717) is 18.1 Å². The number of rotatable bonds is 4. The first-order valence-electron chi connectivity index (χ1n) is 8.84. The van der Waals surface area contributed by atoms with Crippen LogP contribution in [-0.2, 0) is 17.5 Å². The van der Waals surface area contributed by atoms with Gasteiger partial charge in [0, 0.05) is 26.0 Å². The molecule has 1 atom stereocenters. The molecule has 1 N–H and O–H groups in total. The van der Waals surface area contributed by atoms with Crippen LogP contribution in [0.2, 0.25) is 0 Å². The van der Waals surface area contributed by atoms with Crippen molar-refractivity contribution in [3.8, 4) is 0 Å². The molecule has 0 bridgehead atoms.